The van der Waals surface area contributed by atoms with Crippen LogP contribution in [0.2, 0.25) is 0 Å². The van der Waals surface area contributed by atoms with Crippen molar-refractivity contribution in [3.63, 3.8) is 0 Å². The van der Waals surface area contributed by atoms with Crippen LogP contribution in [0.15, 0.2) is 43.1 Å². The second kappa shape index (κ2) is 7.35. The van der Waals surface area contributed by atoms with Crippen LogP contribution in [0, 0.1) is 10.1 Å². The van der Waals surface area contributed by atoms with Crippen molar-refractivity contribution in [1.29, 1.82) is 0 Å². The number of pyridine rings is 1. The molecule has 0 radical (unpaired) electrons. The highest BCUT2D eigenvalue weighted by atomic mass is 16.6. The fraction of sp³-hybridized carbons (Fsp3) is 0.267. The zero-order chi connectivity index (χ0) is 15.1. The molecule has 1 aromatic carbocycles. The van der Waals surface area contributed by atoms with Crippen molar-refractivity contribution in [2.24, 2.45) is 0 Å². The molecular weight excluding hydrogens is 270 g/mol. The van der Waals surface area contributed by atoms with Gasteiger partial charge in [0.1, 0.15) is 5.52 Å². The lowest BCUT2D eigenvalue weighted by molar-refractivity contribution is -0.383. The van der Waals surface area contributed by atoms with E-state index in [1.165, 1.54) is 6.07 Å². The quantitative estimate of drug-likeness (QED) is 0.349. The SMILES string of the molecule is C=CCCOCCNc1ccnc2c([N+](=O)[O-])cccc12. The Morgan fingerprint density at radius 3 is 3.00 bits per heavy atom. The maximum atomic E-state index is 11.0. The third-order valence-corrected chi connectivity index (χ3v) is 2.97. The summed E-state index contributed by atoms with van der Waals surface area (Å²) in [6.45, 7) is 5.46. The number of para-hydroxylation sites is 1. The molecule has 1 N–H and O–H groups in total. The predicted molar refractivity (Wildman–Crippen MR) is 82.5 cm³/mol. The first-order valence-corrected chi connectivity index (χ1v) is 6.68. The summed E-state index contributed by atoms with van der Waals surface area (Å²) in [5.41, 5.74) is 1.22. The van der Waals surface area contributed by atoms with Gasteiger partial charge in [0.05, 0.1) is 18.1 Å². The minimum Gasteiger partial charge on any atom is -0.382 e. The molecule has 0 amide bonds. The summed E-state index contributed by atoms with van der Waals surface area (Å²) in [4.78, 5) is 14.7. The highest BCUT2D eigenvalue weighted by molar-refractivity contribution is 5.96. The molecule has 6 nitrogen and oxygen atoms in total. The third-order valence-electron chi connectivity index (χ3n) is 2.97. The van der Waals surface area contributed by atoms with Crippen molar-refractivity contribution in [3.05, 3.63) is 53.2 Å². The van der Waals surface area contributed by atoms with E-state index >= 15 is 0 Å². The number of nitro groups is 1. The predicted octanol–water partition coefficient (Wildman–Crippen LogP) is 3.15. The number of anilines is 1. The van der Waals surface area contributed by atoms with E-state index in [-0.39, 0.29) is 5.69 Å². The zero-order valence-corrected chi connectivity index (χ0v) is 11.6. The van der Waals surface area contributed by atoms with Gasteiger partial charge in [-0.15, -0.1) is 6.58 Å². The molecule has 0 bridgehead atoms. The van der Waals surface area contributed by atoms with Crippen molar-refractivity contribution in [2.45, 2.75) is 6.42 Å². The van der Waals surface area contributed by atoms with Gasteiger partial charge in [-0.2, -0.15) is 0 Å². The van der Waals surface area contributed by atoms with Crippen LogP contribution in [0.5, 0.6) is 0 Å². The number of aromatic nitrogens is 1. The molecule has 0 unspecified atom stereocenters. The average Bonchev–Trinajstić information content (AvgIpc) is 2.50. The first kappa shape index (κ1) is 14.9. The van der Waals surface area contributed by atoms with Gasteiger partial charge < -0.3 is 10.1 Å². The van der Waals surface area contributed by atoms with Gasteiger partial charge >= 0.3 is 0 Å². The second-order valence-electron chi connectivity index (χ2n) is 4.41. The minimum absolute atomic E-state index is 0.0124. The van der Waals surface area contributed by atoms with Crippen LogP contribution in [-0.4, -0.2) is 29.7 Å². The Balaban J connectivity index is 2.08. The molecule has 1 heterocycles. The molecular formula is C15H17N3O3. The van der Waals surface area contributed by atoms with Crippen LogP contribution >= 0.6 is 0 Å². The first-order valence-electron chi connectivity index (χ1n) is 6.68. The van der Waals surface area contributed by atoms with Gasteiger partial charge in [-0.05, 0) is 12.5 Å². The molecule has 0 atom stereocenters. The largest absolute Gasteiger partial charge is 0.382 e. The van der Waals surface area contributed by atoms with E-state index in [2.05, 4.69) is 16.9 Å². The summed E-state index contributed by atoms with van der Waals surface area (Å²) < 4.78 is 5.41. The standard InChI is InChI=1S/C15H17N3O3/c1-2-3-10-21-11-9-16-13-7-8-17-15-12(13)5-4-6-14(15)18(19)20/h2,4-8H,1,3,9-11H2,(H,16,17). The lowest BCUT2D eigenvalue weighted by Gasteiger charge is -2.09. The van der Waals surface area contributed by atoms with Crippen LogP contribution in [0.1, 0.15) is 6.42 Å². The highest BCUT2D eigenvalue weighted by Gasteiger charge is 2.13. The number of fused-ring (bicyclic) bond motifs is 1. The molecule has 0 saturated heterocycles. The second-order valence-corrected chi connectivity index (χ2v) is 4.41. The minimum atomic E-state index is -0.419. The van der Waals surface area contributed by atoms with Gasteiger partial charge in [0, 0.05) is 29.9 Å². The molecule has 0 aliphatic carbocycles. The molecule has 21 heavy (non-hydrogen) atoms. The van der Waals surface area contributed by atoms with E-state index in [0.29, 0.717) is 25.3 Å². The summed E-state index contributed by atoms with van der Waals surface area (Å²) in [6, 6.07) is 6.73. The first-order chi connectivity index (χ1) is 10.2. The lowest BCUT2D eigenvalue weighted by Crippen LogP contribution is -2.10. The number of ether oxygens (including phenoxy) is 1. The van der Waals surface area contributed by atoms with E-state index < -0.39 is 4.92 Å². The monoisotopic (exact) mass is 287 g/mol. The number of hydrogen-bond donors (Lipinski definition) is 1. The lowest BCUT2D eigenvalue weighted by atomic mass is 10.1. The number of rotatable bonds is 8. The molecule has 110 valence electrons. The summed E-state index contributed by atoms with van der Waals surface area (Å²) in [5, 5.41) is 15.0. The van der Waals surface area contributed by atoms with E-state index in [1.54, 1.807) is 18.3 Å². The molecule has 6 heteroatoms. The van der Waals surface area contributed by atoms with Crippen molar-refractivity contribution in [1.82, 2.24) is 4.98 Å². The van der Waals surface area contributed by atoms with E-state index in [4.69, 9.17) is 4.74 Å². The Morgan fingerprint density at radius 1 is 1.38 bits per heavy atom. The Labute approximate surface area is 122 Å². The topological polar surface area (TPSA) is 77.3 Å². The summed E-state index contributed by atoms with van der Waals surface area (Å²) in [6.07, 6.45) is 4.20. The summed E-state index contributed by atoms with van der Waals surface area (Å²) in [5.74, 6) is 0. The maximum absolute atomic E-state index is 11.0. The van der Waals surface area contributed by atoms with Crippen molar-refractivity contribution in [2.75, 3.05) is 25.1 Å². The van der Waals surface area contributed by atoms with Gasteiger partial charge in [0.15, 0.2) is 0 Å². The normalized spacial score (nSPS) is 10.5. The zero-order valence-electron chi connectivity index (χ0n) is 11.6. The smallest absolute Gasteiger partial charge is 0.295 e. The Morgan fingerprint density at radius 2 is 2.24 bits per heavy atom. The maximum Gasteiger partial charge on any atom is 0.295 e. The number of nitro benzene ring substituents is 1. The average molecular weight is 287 g/mol. The number of benzene rings is 1. The molecule has 0 aliphatic heterocycles. The van der Waals surface area contributed by atoms with Crippen LogP contribution < -0.4 is 5.32 Å². The van der Waals surface area contributed by atoms with Crippen LogP contribution in [-0.2, 0) is 4.74 Å². The molecule has 1 aromatic heterocycles. The number of nitrogens with zero attached hydrogens (tertiary/aromatic N) is 2. The van der Waals surface area contributed by atoms with Gasteiger partial charge in [0.2, 0.25) is 0 Å². The highest BCUT2D eigenvalue weighted by Crippen LogP contribution is 2.28. The van der Waals surface area contributed by atoms with Gasteiger partial charge in [-0.1, -0.05) is 18.2 Å². The Kier molecular flexibility index (Phi) is 5.22. The number of nitrogens with one attached hydrogen (secondary N) is 1. The van der Waals surface area contributed by atoms with Gasteiger partial charge in [-0.3, -0.25) is 10.1 Å². The van der Waals surface area contributed by atoms with Crippen LogP contribution in [0.3, 0.4) is 0 Å². The van der Waals surface area contributed by atoms with Crippen LogP contribution in [0.4, 0.5) is 11.4 Å². The molecule has 2 aromatic rings. The van der Waals surface area contributed by atoms with Crippen LogP contribution in [0.25, 0.3) is 10.9 Å². The van der Waals surface area contributed by atoms with E-state index in [9.17, 15) is 10.1 Å². The Hall–Kier alpha value is -2.47. The molecule has 0 saturated carbocycles. The number of hydrogen-bond acceptors (Lipinski definition) is 5. The summed E-state index contributed by atoms with van der Waals surface area (Å²) >= 11 is 0. The fourth-order valence-electron chi connectivity index (χ4n) is 1.99. The molecule has 0 spiro atoms. The van der Waals surface area contributed by atoms with Gasteiger partial charge in [0.25, 0.3) is 5.69 Å². The molecule has 2 rings (SSSR count). The Bertz CT molecular complexity index is 643. The van der Waals surface area contributed by atoms with E-state index in [0.717, 1.165) is 17.5 Å². The van der Waals surface area contributed by atoms with Crippen molar-refractivity contribution < 1.29 is 9.66 Å². The van der Waals surface area contributed by atoms with E-state index in [1.807, 2.05) is 12.1 Å². The van der Waals surface area contributed by atoms with Crippen molar-refractivity contribution >= 4 is 22.3 Å². The number of non-ortho nitro benzene ring substituents is 1. The fourth-order valence-corrected chi connectivity index (χ4v) is 1.99. The summed E-state index contributed by atoms with van der Waals surface area (Å²) in [7, 11) is 0. The third kappa shape index (κ3) is 3.76. The molecule has 0 fully saturated rings. The van der Waals surface area contributed by atoms with Gasteiger partial charge in [-0.25, -0.2) is 4.98 Å². The molecule has 0 aliphatic rings. The van der Waals surface area contributed by atoms with Crippen molar-refractivity contribution in [3.8, 4) is 0 Å².